The number of carbonyl (C=O) groups is 2. The predicted octanol–water partition coefficient (Wildman–Crippen LogP) is 1.39. The molecule has 0 unspecified atom stereocenters. The molecule has 25 heavy (non-hydrogen) atoms. The fourth-order valence-corrected chi connectivity index (χ4v) is 3.35. The second-order valence-corrected chi connectivity index (χ2v) is 8.33. The zero-order valence-corrected chi connectivity index (χ0v) is 15.7. The lowest BCUT2D eigenvalue weighted by Gasteiger charge is -2.23. The standard InChI is InChI=1S/C17H25N3O4S/c1-13(2)16(21)19-9-4-10-20(12-11-19)17(22)14-5-7-15(8-6-14)18-25(3,23)24/h5-8,13,18H,4,9-12H2,1-3H3. The first kappa shape index (κ1) is 19.2. The summed E-state index contributed by atoms with van der Waals surface area (Å²) in [5.41, 5.74) is 0.923. The topological polar surface area (TPSA) is 86.8 Å². The molecule has 1 aromatic rings. The van der Waals surface area contributed by atoms with Gasteiger partial charge in [-0.25, -0.2) is 8.42 Å². The number of amides is 2. The maximum absolute atomic E-state index is 12.6. The Balaban J connectivity index is 2.02. The van der Waals surface area contributed by atoms with Gasteiger partial charge in [0.25, 0.3) is 5.91 Å². The lowest BCUT2D eigenvalue weighted by molar-refractivity contribution is -0.134. The van der Waals surface area contributed by atoms with Crippen LogP contribution in [0, 0.1) is 5.92 Å². The van der Waals surface area contributed by atoms with Crippen molar-refractivity contribution in [3.63, 3.8) is 0 Å². The summed E-state index contributed by atoms with van der Waals surface area (Å²) in [5.74, 6) is -0.0348. The van der Waals surface area contributed by atoms with Gasteiger partial charge >= 0.3 is 0 Å². The molecular formula is C17H25N3O4S. The van der Waals surface area contributed by atoms with Gasteiger partial charge in [0.1, 0.15) is 0 Å². The van der Waals surface area contributed by atoms with Crippen LogP contribution in [-0.4, -0.2) is 62.5 Å². The van der Waals surface area contributed by atoms with Gasteiger partial charge in [0.2, 0.25) is 15.9 Å². The second kappa shape index (κ2) is 7.86. The van der Waals surface area contributed by atoms with E-state index in [2.05, 4.69) is 4.72 Å². The zero-order chi connectivity index (χ0) is 18.6. The van der Waals surface area contributed by atoms with Crippen molar-refractivity contribution >= 4 is 27.5 Å². The van der Waals surface area contributed by atoms with Gasteiger partial charge in [-0.1, -0.05) is 13.8 Å². The van der Waals surface area contributed by atoms with Crippen molar-refractivity contribution in [1.82, 2.24) is 9.80 Å². The summed E-state index contributed by atoms with van der Waals surface area (Å²) in [7, 11) is -3.34. The molecule has 1 saturated heterocycles. The van der Waals surface area contributed by atoms with Gasteiger partial charge < -0.3 is 9.80 Å². The van der Waals surface area contributed by atoms with Crippen LogP contribution in [0.2, 0.25) is 0 Å². The van der Waals surface area contributed by atoms with Gasteiger partial charge in [-0.15, -0.1) is 0 Å². The van der Waals surface area contributed by atoms with Crippen LogP contribution in [0.25, 0.3) is 0 Å². The monoisotopic (exact) mass is 367 g/mol. The smallest absolute Gasteiger partial charge is 0.253 e. The van der Waals surface area contributed by atoms with Crippen molar-refractivity contribution in [2.24, 2.45) is 5.92 Å². The molecule has 1 N–H and O–H groups in total. The first-order valence-electron chi connectivity index (χ1n) is 8.33. The molecule has 0 spiro atoms. The summed E-state index contributed by atoms with van der Waals surface area (Å²) in [4.78, 5) is 28.3. The zero-order valence-electron chi connectivity index (χ0n) is 14.9. The molecule has 0 aromatic heterocycles. The Morgan fingerprint density at radius 3 is 2.12 bits per heavy atom. The van der Waals surface area contributed by atoms with Crippen LogP contribution >= 0.6 is 0 Å². The number of nitrogens with zero attached hydrogens (tertiary/aromatic N) is 2. The molecule has 1 aromatic carbocycles. The predicted molar refractivity (Wildman–Crippen MR) is 96.8 cm³/mol. The van der Waals surface area contributed by atoms with Gasteiger partial charge in [0, 0.05) is 43.3 Å². The van der Waals surface area contributed by atoms with Crippen molar-refractivity contribution < 1.29 is 18.0 Å². The molecule has 2 amide bonds. The molecule has 0 atom stereocenters. The van der Waals surface area contributed by atoms with E-state index in [0.717, 1.165) is 12.7 Å². The quantitative estimate of drug-likeness (QED) is 0.871. The van der Waals surface area contributed by atoms with E-state index in [9.17, 15) is 18.0 Å². The average molecular weight is 367 g/mol. The molecule has 0 bridgehead atoms. The summed E-state index contributed by atoms with van der Waals surface area (Å²) in [6.45, 7) is 6.06. The van der Waals surface area contributed by atoms with Crippen LogP contribution in [0.1, 0.15) is 30.6 Å². The summed E-state index contributed by atoms with van der Waals surface area (Å²) >= 11 is 0. The first-order chi connectivity index (χ1) is 11.7. The van der Waals surface area contributed by atoms with E-state index < -0.39 is 10.0 Å². The highest BCUT2D eigenvalue weighted by Crippen LogP contribution is 2.15. The molecule has 1 aliphatic heterocycles. The largest absolute Gasteiger partial charge is 0.341 e. The molecule has 2 rings (SSSR count). The molecule has 1 heterocycles. The van der Waals surface area contributed by atoms with Crippen molar-refractivity contribution in [2.75, 3.05) is 37.2 Å². The van der Waals surface area contributed by atoms with Crippen molar-refractivity contribution in [3.8, 4) is 0 Å². The van der Waals surface area contributed by atoms with Gasteiger partial charge in [-0.2, -0.15) is 0 Å². The molecule has 1 aliphatic rings. The highest BCUT2D eigenvalue weighted by Gasteiger charge is 2.24. The summed E-state index contributed by atoms with van der Waals surface area (Å²) in [5, 5.41) is 0. The summed E-state index contributed by atoms with van der Waals surface area (Å²) < 4.78 is 24.8. The SMILES string of the molecule is CC(C)C(=O)N1CCCN(C(=O)c2ccc(NS(C)(=O)=O)cc2)CC1. The number of rotatable bonds is 4. The number of hydrogen-bond donors (Lipinski definition) is 1. The van der Waals surface area contributed by atoms with Crippen molar-refractivity contribution in [1.29, 1.82) is 0 Å². The van der Waals surface area contributed by atoms with Crippen LogP contribution in [0.15, 0.2) is 24.3 Å². The first-order valence-corrected chi connectivity index (χ1v) is 10.2. The number of hydrogen-bond acceptors (Lipinski definition) is 4. The van der Waals surface area contributed by atoms with Gasteiger partial charge in [0.15, 0.2) is 0 Å². The molecule has 0 aliphatic carbocycles. The average Bonchev–Trinajstić information content (AvgIpc) is 2.78. The molecule has 0 radical (unpaired) electrons. The van der Waals surface area contributed by atoms with Gasteiger partial charge in [0.05, 0.1) is 6.26 Å². The highest BCUT2D eigenvalue weighted by molar-refractivity contribution is 7.92. The van der Waals surface area contributed by atoms with Crippen molar-refractivity contribution in [2.45, 2.75) is 20.3 Å². The highest BCUT2D eigenvalue weighted by atomic mass is 32.2. The Bertz CT molecular complexity index is 729. The number of carbonyl (C=O) groups excluding carboxylic acids is 2. The molecule has 7 nitrogen and oxygen atoms in total. The summed E-state index contributed by atoms with van der Waals surface area (Å²) in [6.07, 6.45) is 1.82. The number of sulfonamides is 1. The lowest BCUT2D eigenvalue weighted by Crippen LogP contribution is -2.38. The third-order valence-corrected chi connectivity index (χ3v) is 4.63. The Labute approximate surface area is 149 Å². The minimum Gasteiger partial charge on any atom is -0.341 e. The number of benzene rings is 1. The second-order valence-electron chi connectivity index (χ2n) is 6.58. The maximum Gasteiger partial charge on any atom is 0.253 e. The fraction of sp³-hybridized carbons (Fsp3) is 0.529. The molecule has 1 fully saturated rings. The van der Waals surface area contributed by atoms with E-state index in [1.54, 1.807) is 29.2 Å². The number of anilines is 1. The minimum absolute atomic E-state index is 0.0443. The normalized spacial score (nSPS) is 15.8. The van der Waals surface area contributed by atoms with Crippen molar-refractivity contribution in [3.05, 3.63) is 29.8 Å². The van der Waals surface area contributed by atoms with Gasteiger partial charge in [-0.3, -0.25) is 14.3 Å². The van der Waals surface area contributed by atoms with E-state index in [1.807, 2.05) is 18.7 Å². The summed E-state index contributed by atoms with van der Waals surface area (Å²) in [6, 6.07) is 6.36. The third kappa shape index (κ3) is 5.45. The van der Waals surface area contributed by atoms with E-state index in [-0.39, 0.29) is 17.7 Å². The van der Waals surface area contributed by atoms with Crippen LogP contribution < -0.4 is 4.72 Å². The third-order valence-electron chi connectivity index (χ3n) is 4.02. The molecule has 138 valence electrons. The van der Waals surface area contributed by atoms with E-state index in [0.29, 0.717) is 37.4 Å². The lowest BCUT2D eigenvalue weighted by atomic mass is 10.2. The maximum atomic E-state index is 12.6. The Kier molecular flexibility index (Phi) is 6.05. The Morgan fingerprint density at radius 1 is 1.00 bits per heavy atom. The van der Waals surface area contributed by atoms with E-state index >= 15 is 0 Å². The van der Waals surface area contributed by atoms with E-state index in [1.165, 1.54) is 0 Å². The number of nitrogens with one attached hydrogen (secondary N) is 1. The van der Waals surface area contributed by atoms with Crippen LogP contribution in [0.5, 0.6) is 0 Å². The van der Waals surface area contributed by atoms with E-state index in [4.69, 9.17) is 0 Å². The Hall–Kier alpha value is -2.09. The minimum atomic E-state index is -3.34. The molecule has 0 saturated carbocycles. The van der Waals surface area contributed by atoms with Crippen LogP contribution in [0.4, 0.5) is 5.69 Å². The van der Waals surface area contributed by atoms with Gasteiger partial charge in [-0.05, 0) is 30.7 Å². The molecule has 8 heteroatoms. The van der Waals surface area contributed by atoms with Crippen LogP contribution in [-0.2, 0) is 14.8 Å². The van der Waals surface area contributed by atoms with Crippen LogP contribution in [0.3, 0.4) is 0 Å². The Morgan fingerprint density at radius 2 is 1.56 bits per heavy atom. The fourth-order valence-electron chi connectivity index (χ4n) is 2.78. The molecular weight excluding hydrogens is 342 g/mol.